The number of fused-ring (bicyclic) bond motifs is 1. The molecule has 6 heteroatoms. The Balaban J connectivity index is 2.22. The van der Waals surface area contributed by atoms with Crippen LogP contribution in [0, 0.1) is 12.3 Å². The number of nitrogens with zero attached hydrogens (tertiary/aromatic N) is 2. The molecule has 0 N–H and O–H groups in total. The first-order valence-electron chi connectivity index (χ1n) is 6.63. The molecule has 0 bridgehead atoms. The summed E-state index contributed by atoms with van der Waals surface area (Å²) in [7, 11) is -3.75. The van der Waals surface area contributed by atoms with E-state index in [1.807, 2.05) is 52.0 Å². The zero-order valence-electron chi connectivity index (χ0n) is 12.3. The van der Waals surface area contributed by atoms with Crippen molar-refractivity contribution in [2.75, 3.05) is 0 Å². The second kappa shape index (κ2) is 4.27. The van der Waals surface area contributed by atoms with Crippen molar-refractivity contribution in [3.8, 4) is 11.3 Å². The van der Waals surface area contributed by atoms with Crippen LogP contribution in [0.2, 0.25) is 0 Å². The van der Waals surface area contributed by atoms with Gasteiger partial charge >= 0.3 is 0 Å². The molecule has 0 spiro atoms. The molecule has 21 heavy (non-hydrogen) atoms. The van der Waals surface area contributed by atoms with Gasteiger partial charge in [0.2, 0.25) is 5.76 Å². The summed E-state index contributed by atoms with van der Waals surface area (Å²) in [6, 6.07) is 7.48. The fourth-order valence-electron chi connectivity index (χ4n) is 2.25. The maximum absolute atomic E-state index is 12.3. The summed E-state index contributed by atoms with van der Waals surface area (Å²) in [6.07, 6.45) is 0. The van der Waals surface area contributed by atoms with Gasteiger partial charge in [0, 0.05) is 11.0 Å². The van der Waals surface area contributed by atoms with E-state index in [-0.39, 0.29) is 10.7 Å². The summed E-state index contributed by atoms with van der Waals surface area (Å²) in [5.41, 5.74) is 2.12. The summed E-state index contributed by atoms with van der Waals surface area (Å²) in [5, 5.41) is 3.96. The first-order valence-corrected chi connectivity index (χ1v) is 8.07. The Kier molecular flexibility index (Phi) is 2.85. The second-order valence-electron chi connectivity index (χ2n) is 6.22. The molecule has 2 aromatic rings. The highest BCUT2D eigenvalue weighted by atomic mass is 32.2. The van der Waals surface area contributed by atoms with Gasteiger partial charge in [-0.05, 0) is 6.92 Å². The summed E-state index contributed by atoms with van der Waals surface area (Å²) in [6.45, 7) is 7.65. The highest BCUT2D eigenvalue weighted by molar-refractivity contribution is 7.91. The molecule has 5 nitrogen and oxygen atoms in total. The van der Waals surface area contributed by atoms with Crippen LogP contribution in [0.4, 0.5) is 0 Å². The number of rotatable bonds is 1. The Labute approximate surface area is 123 Å². The van der Waals surface area contributed by atoms with Crippen molar-refractivity contribution >= 4 is 15.7 Å². The largest absolute Gasteiger partial charge is 0.353 e. The number of aryl methyl sites for hydroxylation is 1. The number of sulfonamides is 1. The van der Waals surface area contributed by atoms with Gasteiger partial charge in [-0.2, -0.15) is 12.8 Å². The summed E-state index contributed by atoms with van der Waals surface area (Å²) in [5.74, 6) is 0.262. The van der Waals surface area contributed by atoms with Gasteiger partial charge in [-0.1, -0.05) is 55.8 Å². The first kappa shape index (κ1) is 14.0. The molecule has 0 fully saturated rings. The highest BCUT2D eigenvalue weighted by Crippen LogP contribution is 2.39. The van der Waals surface area contributed by atoms with E-state index in [2.05, 4.69) is 9.55 Å². The topological polar surface area (TPSA) is 72.5 Å². The van der Waals surface area contributed by atoms with E-state index in [1.165, 1.54) is 0 Å². The third-order valence-electron chi connectivity index (χ3n) is 3.37. The van der Waals surface area contributed by atoms with Crippen LogP contribution < -0.4 is 0 Å². The molecule has 1 aromatic carbocycles. The van der Waals surface area contributed by atoms with Crippen molar-refractivity contribution in [1.82, 2.24) is 5.16 Å². The maximum Gasteiger partial charge on any atom is 0.288 e. The minimum absolute atomic E-state index is 0.0799. The first-order chi connectivity index (χ1) is 9.70. The molecule has 0 unspecified atom stereocenters. The lowest BCUT2D eigenvalue weighted by Crippen LogP contribution is -2.19. The maximum atomic E-state index is 12.3. The van der Waals surface area contributed by atoms with Gasteiger partial charge < -0.3 is 4.52 Å². The lowest BCUT2D eigenvalue weighted by molar-refractivity contribution is 0.406. The van der Waals surface area contributed by atoms with Crippen LogP contribution in [0.1, 0.15) is 32.1 Å². The van der Waals surface area contributed by atoms with Crippen LogP contribution in [0.15, 0.2) is 38.1 Å². The van der Waals surface area contributed by atoms with E-state index >= 15 is 0 Å². The molecular formula is C15H16N2O3S. The molecule has 0 saturated carbocycles. The van der Waals surface area contributed by atoms with E-state index in [9.17, 15) is 8.42 Å². The highest BCUT2D eigenvalue weighted by Gasteiger charge is 2.42. The fourth-order valence-corrected chi connectivity index (χ4v) is 3.71. The van der Waals surface area contributed by atoms with Gasteiger partial charge in [0.25, 0.3) is 10.0 Å². The molecular weight excluding hydrogens is 288 g/mol. The molecule has 0 atom stereocenters. The van der Waals surface area contributed by atoms with Crippen LogP contribution in [0.25, 0.3) is 11.3 Å². The van der Waals surface area contributed by atoms with E-state index in [0.717, 1.165) is 5.56 Å². The average Bonchev–Trinajstić information content (AvgIpc) is 2.90. The second-order valence-corrected chi connectivity index (χ2v) is 7.76. The molecule has 2 heterocycles. The molecule has 1 aliphatic rings. The van der Waals surface area contributed by atoms with Crippen molar-refractivity contribution < 1.29 is 12.9 Å². The Morgan fingerprint density at radius 3 is 2.29 bits per heavy atom. The van der Waals surface area contributed by atoms with E-state index in [4.69, 9.17) is 4.52 Å². The van der Waals surface area contributed by atoms with Gasteiger partial charge in [0.05, 0.1) is 0 Å². The fraction of sp³-hybridized carbons (Fsp3) is 0.333. The van der Waals surface area contributed by atoms with Crippen molar-refractivity contribution in [3.05, 3.63) is 35.6 Å². The molecule has 3 rings (SSSR count). The van der Waals surface area contributed by atoms with Gasteiger partial charge in [-0.15, -0.1) is 0 Å². The molecule has 0 radical (unpaired) electrons. The number of hydrogen-bond donors (Lipinski definition) is 0. The third-order valence-corrected chi connectivity index (χ3v) is 4.69. The summed E-state index contributed by atoms with van der Waals surface area (Å²) >= 11 is 0. The molecule has 0 amide bonds. The Bertz CT molecular complexity index is 838. The quantitative estimate of drug-likeness (QED) is 0.811. The molecule has 0 saturated heterocycles. The van der Waals surface area contributed by atoms with E-state index in [1.54, 1.807) is 0 Å². The Morgan fingerprint density at radius 1 is 1.10 bits per heavy atom. The van der Waals surface area contributed by atoms with Crippen LogP contribution in [-0.2, 0) is 10.0 Å². The van der Waals surface area contributed by atoms with Crippen LogP contribution >= 0.6 is 0 Å². The molecule has 0 aliphatic carbocycles. The minimum Gasteiger partial charge on any atom is -0.353 e. The lowest BCUT2D eigenvalue weighted by Gasteiger charge is -2.15. The van der Waals surface area contributed by atoms with Crippen molar-refractivity contribution in [1.29, 1.82) is 0 Å². The predicted octanol–water partition coefficient (Wildman–Crippen LogP) is 3.19. The Hall–Kier alpha value is -1.95. The smallest absolute Gasteiger partial charge is 0.288 e. The predicted molar refractivity (Wildman–Crippen MR) is 79.9 cm³/mol. The number of hydrogen-bond acceptors (Lipinski definition) is 4. The monoisotopic (exact) mass is 304 g/mol. The average molecular weight is 304 g/mol. The lowest BCUT2D eigenvalue weighted by atomic mass is 9.88. The van der Waals surface area contributed by atoms with Crippen molar-refractivity contribution in [2.24, 2.45) is 9.81 Å². The Morgan fingerprint density at radius 2 is 1.71 bits per heavy atom. The number of aromatic nitrogens is 1. The van der Waals surface area contributed by atoms with Crippen LogP contribution in [0.5, 0.6) is 0 Å². The van der Waals surface area contributed by atoms with Crippen LogP contribution in [-0.4, -0.2) is 19.3 Å². The SMILES string of the molecule is Cc1ccc(-c2noc3c2S(=O)(=O)N=C3C(C)(C)C)cc1. The zero-order chi connectivity index (χ0) is 15.4. The zero-order valence-corrected chi connectivity index (χ0v) is 13.2. The van der Waals surface area contributed by atoms with Crippen LogP contribution in [0.3, 0.4) is 0 Å². The standard InChI is InChI=1S/C15H16N2O3S/c1-9-5-7-10(8-6-9)11-13-12(20-16-11)14(15(2,3)4)17-21(13,18)19/h5-8H,1-4H3. The molecule has 110 valence electrons. The van der Waals surface area contributed by atoms with Crippen molar-refractivity contribution in [2.45, 2.75) is 32.6 Å². The summed E-state index contributed by atoms with van der Waals surface area (Å²) in [4.78, 5) is 0.0799. The summed E-state index contributed by atoms with van der Waals surface area (Å²) < 4.78 is 33.9. The van der Waals surface area contributed by atoms with E-state index in [0.29, 0.717) is 17.0 Å². The van der Waals surface area contributed by atoms with Crippen molar-refractivity contribution in [3.63, 3.8) is 0 Å². The molecule has 1 aromatic heterocycles. The number of benzene rings is 1. The normalized spacial score (nSPS) is 16.7. The van der Waals surface area contributed by atoms with Gasteiger partial charge in [0.15, 0.2) is 4.90 Å². The van der Waals surface area contributed by atoms with E-state index < -0.39 is 15.4 Å². The van der Waals surface area contributed by atoms with Gasteiger partial charge in [-0.25, -0.2) is 0 Å². The minimum atomic E-state index is -3.75. The third kappa shape index (κ3) is 2.19. The molecule has 1 aliphatic heterocycles. The van der Waals surface area contributed by atoms with Gasteiger partial charge in [-0.3, -0.25) is 0 Å². The van der Waals surface area contributed by atoms with Gasteiger partial charge in [0.1, 0.15) is 11.4 Å².